The standard InChI is InChI=1S/C14H16N2O3S/c1-10-8-12(11(2)17)4-5-14(10)20(18,19)9-13-6-7-16(3)15-13/h4-8H,9H2,1-3H3. The zero-order valence-corrected chi connectivity index (χ0v) is 12.4. The predicted molar refractivity (Wildman–Crippen MR) is 75.3 cm³/mol. The molecule has 0 aliphatic heterocycles. The quantitative estimate of drug-likeness (QED) is 0.807. The zero-order chi connectivity index (χ0) is 14.9. The fourth-order valence-electron chi connectivity index (χ4n) is 2.03. The Labute approximate surface area is 118 Å². The molecule has 0 amide bonds. The number of aryl methyl sites for hydroxylation is 2. The van der Waals surface area contributed by atoms with Crippen molar-refractivity contribution in [1.29, 1.82) is 0 Å². The number of nitrogens with zero attached hydrogens (tertiary/aromatic N) is 2. The summed E-state index contributed by atoms with van der Waals surface area (Å²) in [7, 11) is -1.72. The smallest absolute Gasteiger partial charge is 0.184 e. The minimum Gasteiger partial charge on any atom is -0.295 e. The summed E-state index contributed by atoms with van der Waals surface area (Å²) in [4.78, 5) is 11.5. The normalized spacial score (nSPS) is 11.6. The molecule has 0 fully saturated rings. The van der Waals surface area contributed by atoms with Gasteiger partial charge in [-0.1, -0.05) is 6.07 Å². The molecular formula is C14H16N2O3S. The van der Waals surface area contributed by atoms with Gasteiger partial charge in [0.15, 0.2) is 15.6 Å². The van der Waals surface area contributed by atoms with Crippen LogP contribution in [-0.4, -0.2) is 24.0 Å². The number of sulfone groups is 1. The third-order valence-electron chi connectivity index (χ3n) is 3.02. The van der Waals surface area contributed by atoms with E-state index in [1.807, 2.05) is 0 Å². The SMILES string of the molecule is CC(=O)c1ccc(S(=O)(=O)Cc2ccn(C)n2)c(C)c1. The van der Waals surface area contributed by atoms with Gasteiger partial charge in [0.05, 0.1) is 16.3 Å². The second kappa shape index (κ2) is 5.20. The van der Waals surface area contributed by atoms with Crippen LogP contribution < -0.4 is 0 Å². The van der Waals surface area contributed by atoms with Crippen LogP contribution in [0.2, 0.25) is 0 Å². The first-order valence-corrected chi connectivity index (χ1v) is 7.78. The van der Waals surface area contributed by atoms with Gasteiger partial charge in [-0.15, -0.1) is 0 Å². The molecule has 5 nitrogen and oxygen atoms in total. The van der Waals surface area contributed by atoms with Crippen molar-refractivity contribution in [3.63, 3.8) is 0 Å². The molecule has 2 rings (SSSR count). The van der Waals surface area contributed by atoms with Gasteiger partial charge in [-0.2, -0.15) is 5.10 Å². The summed E-state index contributed by atoms with van der Waals surface area (Å²) in [5, 5.41) is 4.08. The van der Waals surface area contributed by atoms with Gasteiger partial charge in [-0.3, -0.25) is 9.48 Å². The Balaban J connectivity index is 2.37. The Morgan fingerprint density at radius 1 is 1.30 bits per heavy atom. The summed E-state index contributed by atoms with van der Waals surface area (Å²) >= 11 is 0. The molecule has 0 saturated heterocycles. The molecule has 1 aromatic heterocycles. The summed E-state index contributed by atoms with van der Waals surface area (Å²) in [6.07, 6.45) is 1.70. The lowest BCUT2D eigenvalue weighted by atomic mass is 10.1. The predicted octanol–water partition coefficient (Wildman–Crippen LogP) is 1.91. The highest BCUT2D eigenvalue weighted by Gasteiger charge is 2.19. The van der Waals surface area contributed by atoms with E-state index < -0.39 is 9.84 Å². The number of Topliss-reactive ketones (excluding diaryl/α,β-unsaturated/α-hetero) is 1. The molecule has 1 aromatic carbocycles. The Morgan fingerprint density at radius 3 is 2.50 bits per heavy atom. The maximum atomic E-state index is 12.4. The first-order chi connectivity index (χ1) is 9.29. The van der Waals surface area contributed by atoms with E-state index in [9.17, 15) is 13.2 Å². The fourth-order valence-corrected chi connectivity index (χ4v) is 3.55. The highest BCUT2D eigenvalue weighted by Crippen LogP contribution is 2.21. The molecule has 0 aliphatic carbocycles. The molecule has 0 aliphatic rings. The summed E-state index contributed by atoms with van der Waals surface area (Å²) in [6.45, 7) is 3.15. The summed E-state index contributed by atoms with van der Waals surface area (Å²) in [5.41, 5.74) is 1.59. The Morgan fingerprint density at radius 2 is 2.00 bits per heavy atom. The number of hydrogen-bond acceptors (Lipinski definition) is 4. The highest BCUT2D eigenvalue weighted by molar-refractivity contribution is 7.90. The Hall–Kier alpha value is -1.95. The van der Waals surface area contributed by atoms with Gasteiger partial charge in [-0.25, -0.2) is 8.42 Å². The number of rotatable bonds is 4. The van der Waals surface area contributed by atoms with Gasteiger partial charge < -0.3 is 0 Å². The largest absolute Gasteiger partial charge is 0.295 e. The number of carbonyl (C=O) groups is 1. The molecule has 0 N–H and O–H groups in total. The zero-order valence-electron chi connectivity index (χ0n) is 11.6. The number of aromatic nitrogens is 2. The van der Waals surface area contributed by atoms with Crippen molar-refractivity contribution in [2.24, 2.45) is 7.05 Å². The lowest BCUT2D eigenvalue weighted by Gasteiger charge is -2.07. The minimum atomic E-state index is -3.46. The Bertz CT molecular complexity index is 760. The average molecular weight is 292 g/mol. The van der Waals surface area contributed by atoms with Crippen LogP contribution in [0.1, 0.15) is 28.5 Å². The van der Waals surface area contributed by atoms with Gasteiger partial charge in [0.2, 0.25) is 0 Å². The summed E-state index contributed by atoms with van der Waals surface area (Å²) in [5.74, 6) is -0.226. The summed E-state index contributed by atoms with van der Waals surface area (Å²) < 4.78 is 26.3. The van der Waals surface area contributed by atoms with Crippen molar-refractivity contribution < 1.29 is 13.2 Å². The fraction of sp³-hybridized carbons (Fsp3) is 0.286. The van der Waals surface area contributed by atoms with Crippen molar-refractivity contribution >= 4 is 15.6 Å². The molecule has 20 heavy (non-hydrogen) atoms. The lowest BCUT2D eigenvalue weighted by Crippen LogP contribution is -2.08. The number of hydrogen-bond donors (Lipinski definition) is 0. The van der Waals surface area contributed by atoms with E-state index in [-0.39, 0.29) is 16.4 Å². The van der Waals surface area contributed by atoms with Crippen molar-refractivity contribution in [1.82, 2.24) is 9.78 Å². The molecule has 106 valence electrons. The molecule has 1 heterocycles. The van der Waals surface area contributed by atoms with Gasteiger partial charge in [-0.05, 0) is 37.6 Å². The second-order valence-corrected chi connectivity index (χ2v) is 6.73. The van der Waals surface area contributed by atoms with Crippen LogP contribution in [-0.2, 0) is 22.6 Å². The van der Waals surface area contributed by atoms with E-state index in [1.54, 1.807) is 43.0 Å². The topological polar surface area (TPSA) is 69.0 Å². The van der Waals surface area contributed by atoms with E-state index >= 15 is 0 Å². The van der Waals surface area contributed by atoms with Gasteiger partial charge in [0, 0.05) is 18.8 Å². The molecule has 0 spiro atoms. The van der Waals surface area contributed by atoms with Gasteiger partial charge >= 0.3 is 0 Å². The third kappa shape index (κ3) is 2.96. The molecule has 0 unspecified atom stereocenters. The average Bonchev–Trinajstić information content (AvgIpc) is 2.73. The van der Waals surface area contributed by atoms with E-state index in [0.29, 0.717) is 16.8 Å². The Kier molecular flexibility index (Phi) is 3.76. The van der Waals surface area contributed by atoms with Crippen molar-refractivity contribution in [3.05, 3.63) is 47.3 Å². The maximum Gasteiger partial charge on any atom is 0.184 e. The third-order valence-corrected chi connectivity index (χ3v) is 4.83. The first-order valence-electron chi connectivity index (χ1n) is 6.12. The van der Waals surface area contributed by atoms with Crippen LogP contribution in [0.5, 0.6) is 0 Å². The lowest BCUT2D eigenvalue weighted by molar-refractivity contribution is 0.101. The van der Waals surface area contributed by atoms with E-state index in [1.165, 1.54) is 13.0 Å². The van der Waals surface area contributed by atoms with Crippen LogP contribution in [0, 0.1) is 6.92 Å². The van der Waals surface area contributed by atoms with Crippen molar-refractivity contribution in [3.8, 4) is 0 Å². The maximum absolute atomic E-state index is 12.4. The van der Waals surface area contributed by atoms with Crippen LogP contribution in [0.4, 0.5) is 0 Å². The van der Waals surface area contributed by atoms with Crippen LogP contribution in [0.15, 0.2) is 35.4 Å². The molecule has 0 bridgehead atoms. The molecule has 2 aromatic rings. The van der Waals surface area contributed by atoms with E-state index in [0.717, 1.165) is 0 Å². The molecule has 0 saturated carbocycles. The second-order valence-electron chi connectivity index (χ2n) is 4.78. The van der Waals surface area contributed by atoms with E-state index in [2.05, 4.69) is 5.10 Å². The minimum absolute atomic E-state index is 0.0817. The van der Waals surface area contributed by atoms with Gasteiger partial charge in [0.25, 0.3) is 0 Å². The number of carbonyl (C=O) groups excluding carboxylic acids is 1. The molecule has 0 radical (unpaired) electrons. The molecular weight excluding hydrogens is 276 g/mol. The van der Waals surface area contributed by atoms with Crippen LogP contribution in [0.25, 0.3) is 0 Å². The summed E-state index contributed by atoms with van der Waals surface area (Å²) in [6, 6.07) is 6.31. The highest BCUT2D eigenvalue weighted by atomic mass is 32.2. The van der Waals surface area contributed by atoms with Crippen LogP contribution in [0.3, 0.4) is 0 Å². The monoisotopic (exact) mass is 292 g/mol. The first kappa shape index (κ1) is 14.5. The van der Waals surface area contributed by atoms with Crippen molar-refractivity contribution in [2.75, 3.05) is 0 Å². The number of benzene rings is 1. The molecule has 0 atom stereocenters. The number of ketones is 1. The molecule has 6 heteroatoms. The van der Waals surface area contributed by atoms with Crippen LogP contribution >= 0.6 is 0 Å². The van der Waals surface area contributed by atoms with Crippen molar-refractivity contribution in [2.45, 2.75) is 24.5 Å². The van der Waals surface area contributed by atoms with E-state index in [4.69, 9.17) is 0 Å². The van der Waals surface area contributed by atoms with Gasteiger partial charge in [0.1, 0.15) is 0 Å².